The number of nitrogens with zero attached hydrogens (tertiary/aromatic N) is 2. The van der Waals surface area contributed by atoms with Crippen LogP contribution < -0.4 is 10.2 Å². The molecule has 0 saturated carbocycles. The zero-order chi connectivity index (χ0) is 17.6. The van der Waals surface area contributed by atoms with Crippen LogP contribution in [0.4, 0.5) is 5.69 Å². The van der Waals surface area contributed by atoms with Crippen molar-refractivity contribution < 1.29 is 13.9 Å². The molecule has 0 radical (unpaired) electrons. The van der Waals surface area contributed by atoms with Gasteiger partial charge in [-0.3, -0.25) is 9.69 Å². The van der Waals surface area contributed by atoms with E-state index in [9.17, 15) is 4.79 Å². The molecule has 1 N–H and O–H groups in total. The Bertz CT molecular complexity index is 679. The Hall–Kier alpha value is -2.31. The first-order valence-electron chi connectivity index (χ1n) is 8.56. The summed E-state index contributed by atoms with van der Waals surface area (Å²) in [5.41, 5.74) is 1.66. The van der Waals surface area contributed by atoms with Gasteiger partial charge in [0.15, 0.2) is 0 Å². The van der Waals surface area contributed by atoms with E-state index in [2.05, 4.69) is 10.2 Å². The van der Waals surface area contributed by atoms with Gasteiger partial charge in [-0.15, -0.1) is 0 Å². The number of rotatable bonds is 6. The summed E-state index contributed by atoms with van der Waals surface area (Å²) in [6.45, 7) is 3.47. The van der Waals surface area contributed by atoms with Crippen LogP contribution in [0.2, 0.25) is 0 Å². The highest BCUT2D eigenvalue weighted by molar-refractivity contribution is 5.99. The number of anilines is 1. The van der Waals surface area contributed by atoms with Gasteiger partial charge in [0.1, 0.15) is 5.76 Å². The van der Waals surface area contributed by atoms with Gasteiger partial charge in [-0.05, 0) is 38.4 Å². The van der Waals surface area contributed by atoms with Crippen molar-refractivity contribution >= 4 is 11.6 Å². The number of hydrogen-bond acceptors (Lipinski definition) is 5. The summed E-state index contributed by atoms with van der Waals surface area (Å²) in [6.07, 6.45) is 1.65. The first-order chi connectivity index (χ1) is 12.2. The van der Waals surface area contributed by atoms with Gasteiger partial charge in [-0.1, -0.05) is 12.1 Å². The summed E-state index contributed by atoms with van der Waals surface area (Å²) in [5.74, 6) is 0.771. The van der Waals surface area contributed by atoms with Crippen molar-refractivity contribution in [3.05, 3.63) is 54.0 Å². The van der Waals surface area contributed by atoms with Crippen LogP contribution in [0.5, 0.6) is 0 Å². The molecule has 3 rings (SSSR count). The monoisotopic (exact) mass is 343 g/mol. The summed E-state index contributed by atoms with van der Waals surface area (Å²) in [4.78, 5) is 17.0. The minimum absolute atomic E-state index is 0.00509. The Morgan fingerprint density at radius 2 is 1.96 bits per heavy atom. The predicted octanol–water partition coefficient (Wildman–Crippen LogP) is 2.15. The molecule has 1 saturated heterocycles. The number of hydrogen-bond donors (Lipinski definition) is 1. The van der Waals surface area contributed by atoms with Gasteiger partial charge in [-0.25, -0.2) is 0 Å². The van der Waals surface area contributed by atoms with E-state index in [1.54, 1.807) is 6.26 Å². The van der Waals surface area contributed by atoms with Crippen LogP contribution in [0.15, 0.2) is 47.1 Å². The topological polar surface area (TPSA) is 58.0 Å². The normalized spacial score (nSPS) is 16.0. The van der Waals surface area contributed by atoms with Gasteiger partial charge < -0.3 is 19.4 Å². The number of carbonyl (C=O) groups is 1. The van der Waals surface area contributed by atoms with Crippen LogP contribution in [0.3, 0.4) is 0 Å². The molecule has 2 heterocycles. The second-order valence-electron chi connectivity index (χ2n) is 6.32. The van der Waals surface area contributed by atoms with E-state index in [0.717, 1.165) is 24.5 Å². The lowest BCUT2D eigenvalue weighted by Crippen LogP contribution is -2.39. The van der Waals surface area contributed by atoms with Gasteiger partial charge in [0.05, 0.1) is 31.1 Å². The lowest BCUT2D eigenvalue weighted by molar-refractivity contribution is 0.0937. The lowest BCUT2D eigenvalue weighted by atomic mass is 10.1. The number of morpholine rings is 1. The van der Waals surface area contributed by atoms with E-state index in [1.165, 1.54) is 0 Å². The number of carbonyl (C=O) groups excluding carboxylic acids is 1. The van der Waals surface area contributed by atoms with Crippen LogP contribution in [0.25, 0.3) is 0 Å². The van der Waals surface area contributed by atoms with Crippen molar-refractivity contribution in [2.45, 2.75) is 6.04 Å². The highest BCUT2D eigenvalue weighted by Gasteiger charge is 2.21. The fourth-order valence-corrected chi connectivity index (χ4v) is 3.05. The Labute approximate surface area is 148 Å². The molecule has 1 atom stereocenters. The minimum Gasteiger partial charge on any atom is -0.468 e. The van der Waals surface area contributed by atoms with Gasteiger partial charge in [0.2, 0.25) is 0 Å². The third-order valence-corrected chi connectivity index (χ3v) is 4.45. The maximum Gasteiger partial charge on any atom is 0.253 e. The Kier molecular flexibility index (Phi) is 5.73. The molecule has 1 aliphatic rings. The molecule has 1 unspecified atom stereocenters. The molecule has 1 fully saturated rings. The lowest BCUT2D eigenvalue weighted by Gasteiger charge is -2.30. The molecule has 0 aliphatic carbocycles. The number of furan rings is 1. The van der Waals surface area contributed by atoms with Crippen LogP contribution >= 0.6 is 0 Å². The number of likely N-dealkylation sites (N-methyl/N-ethyl adjacent to an activating group) is 1. The first-order valence-corrected chi connectivity index (χ1v) is 8.56. The summed E-state index contributed by atoms with van der Waals surface area (Å²) >= 11 is 0. The molecule has 2 aromatic rings. The molecule has 1 aromatic heterocycles. The second-order valence-corrected chi connectivity index (χ2v) is 6.32. The quantitative estimate of drug-likeness (QED) is 0.871. The number of amides is 1. The summed E-state index contributed by atoms with van der Waals surface area (Å²) in [6, 6.07) is 11.5. The van der Waals surface area contributed by atoms with E-state index < -0.39 is 0 Å². The van der Waals surface area contributed by atoms with Crippen molar-refractivity contribution in [2.24, 2.45) is 0 Å². The molecular formula is C19H25N3O3. The van der Waals surface area contributed by atoms with E-state index in [1.807, 2.05) is 55.4 Å². The molecule has 1 aliphatic heterocycles. The molecule has 6 heteroatoms. The number of nitrogens with one attached hydrogen (secondary N) is 1. The molecule has 0 spiro atoms. The SMILES string of the molecule is CN(C)C(CNC(=O)c1ccccc1N1CCOCC1)c1ccco1. The average Bonchev–Trinajstić information content (AvgIpc) is 3.16. The molecule has 6 nitrogen and oxygen atoms in total. The van der Waals surface area contributed by atoms with Crippen LogP contribution in [0.1, 0.15) is 22.2 Å². The maximum atomic E-state index is 12.8. The zero-order valence-electron chi connectivity index (χ0n) is 14.8. The first kappa shape index (κ1) is 17.5. The van der Waals surface area contributed by atoms with E-state index in [0.29, 0.717) is 25.3 Å². The average molecular weight is 343 g/mol. The third kappa shape index (κ3) is 4.21. The number of benzene rings is 1. The van der Waals surface area contributed by atoms with Gasteiger partial charge in [-0.2, -0.15) is 0 Å². The molecule has 25 heavy (non-hydrogen) atoms. The summed E-state index contributed by atoms with van der Waals surface area (Å²) in [5, 5.41) is 3.05. The van der Waals surface area contributed by atoms with Gasteiger partial charge in [0, 0.05) is 25.3 Å². The van der Waals surface area contributed by atoms with E-state index in [-0.39, 0.29) is 11.9 Å². The number of para-hydroxylation sites is 1. The van der Waals surface area contributed by atoms with Gasteiger partial charge in [0.25, 0.3) is 5.91 Å². The van der Waals surface area contributed by atoms with E-state index >= 15 is 0 Å². The van der Waals surface area contributed by atoms with Crippen LogP contribution in [-0.2, 0) is 4.74 Å². The van der Waals surface area contributed by atoms with Crippen molar-refractivity contribution in [1.82, 2.24) is 10.2 Å². The largest absolute Gasteiger partial charge is 0.468 e. The van der Waals surface area contributed by atoms with Crippen molar-refractivity contribution in [2.75, 3.05) is 51.8 Å². The van der Waals surface area contributed by atoms with Crippen LogP contribution in [-0.4, -0.2) is 57.8 Å². The fourth-order valence-electron chi connectivity index (χ4n) is 3.05. The second kappa shape index (κ2) is 8.18. The van der Waals surface area contributed by atoms with Crippen molar-refractivity contribution in [3.8, 4) is 0 Å². The highest BCUT2D eigenvalue weighted by atomic mass is 16.5. The smallest absolute Gasteiger partial charge is 0.253 e. The highest BCUT2D eigenvalue weighted by Crippen LogP contribution is 2.22. The fraction of sp³-hybridized carbons (Fsp3) is 0.421. The van der Waals surface area contributed by atoms with Crippen molar-refractivity contribution in [3.63, 3.8) is 0 Å². The summed E-state index contributed by atoms with van der Waals surface area (Å²) in [7, 11) is 3.95. The molecular weight excluding hydrogens is 318 g/mol. The Balaban J connectivity index is 1.71. The van der Waals surface area contributed by atoms with Crippen LogP contribution in [0, 0.1) is 0 Å². The van der Waals surface area contributed by atoms with Gasteiger partial charge >= 0.3 is 0 Å². The predicted molar refractivity (Wildman–Crippen MR) is 96.9 cm³/mol. The van der Waals surface area contributed by atoms with Crippen molar-refractivity contribution in [1.29, 1.82) is 0 Å². The summed E-state index contributed by atoms with van der Waals surface area (Å²) < 4.78 is 10.9. The minimum atomic E-state index is -0.0690. The Morgan fingerprint density at radius 3 is 2.64 bits per heavy atom. The molecule has 1 aromatic carbocycles. The third-order valence-electron chi connectivity index (χ3n) is 4.45. The maximum absolute atomic E-state index is 12.8. The van der Waals surface area contributed by atoms with E-state index in [4.69, 9.17) is 9.15 Å². The molecule has 134 valence electrons. The standard InChI is InChI=1S/C19H25N3O3/c1-21(2)17(18-8-5-11-25-18)14-20-19(23)15-6-3-4-7-16(15)22-9-12-24-13-10-22/h3-8,11,17H,9-10,12-14H2,1-2H3,(H,20,23). The number of ether oxygens (including phenoxy) is 1. The Morgan fingerprint density at radius 1 is 1.20 bits per heavy atom. The molecule has 0 bridgehead atoms. The molecule has 1 amide bonds. The zero-order valence-corrected chi connectivity index (χ0v) is 14.8.